The first-order chi connectivity index (χ1) is 3.67. The summed E-state index contributed by atoms with van der Waals surface area (Å²) in [6.45, 7) is 9.50. The molecule has 48 valence electrons. The second kappa shape index (κ2) is 1.73. The van der Waals surface area contributed by atoms with Gasteiger partial charge in [0.2, 0.25) is 0 Å². The third-order valence-electron chi connectivity index (χ3n) is 2.17. The van der Waals surface area contributed by atoms with E-state index in [1.165, 1.54) is 19.5 Å². The maximum Gasteiger partial charge on any atom is 0.0151 e. The molecule has 0 aromatic carbocycles. The largest absolute Gasteiger partial charge is 0.296 e. The van der Waals surface area contributed by atoms with Gasteiger partial charge in [-0.1, -0.05) is 6.92 Å². The van der Waals surface area contributed by atoms with Crippen LogP contribution in [0, 0.1) is 0 Å². The van der Waals surface area contributed by atoms with Gasteiger partial charge in [-0.05, 0) is 20.3 Å². The third-order valence-corrected chi connectivity index (χ3v) is 2.17. The first-order valence-electron chi connectivity index (χ1n) is 3.42. The molecule has 1 fully saturated rings. The maximum atomic E-state index is 2.49. The van der Waals surface area contributed by atoms with Crippen molar-refractivity contribution in [3.05, 3.63) is 0 Å². The van der Waals surface area contributed by atoms with Crippen LogP contribution in [0.1, 0.15) is 27.2 Å². The van der Waals surface area contributed by atoms with E-state index in [1.54, 1.807) is 0 Å². The van der Waals surface area contributed by atoms with E-state index in [9.17, 15) is 0 Å². The molecule has 0 N–H and O–H groups in total. The van der Waals surface area contributed by atoms with Crippen molar-refractivity contribution in [3.8, 4) is 0 Å². The van der Waals surface area contributed by atoms with Crippen LogP contribution in [0.4, 0.5) is 0 Å². The van der Waals surface area contributed by atoms with E-state index >= 15 is 0 Å². The molecule has 1 aliphatic rings. The molecular weight excluding hydrogens is 98.1 g/mol. The van der Waals surface area contributed by atoms with Crippen LogP contribution >= 0.6 is 0 Å². The highest BCUT2D eigenvalue weighted by molar-refractivity contribution is 4.88. The van der Waals surface area contributed by atoms with Crippen LogP contribution in [0.25, 0.3) is 0 Å². The van der Waals surface area contributed by atoms with Crippen molar-refractivity contribution in [1.29, 1.82) is 0 Å². The van der Waals surface area contributed by atoms with Gasteiger partial charge in [0.15, 0.2) is 0 Å². The summed E-state index contributed by atoms with van der Waals surface area (Å²) in [6, 6.07) is 0. The molecule has 0 unspecified atom stereocenters. The second-order valence-corrected chi connectivity index (χ2v) is 3.15. The van der Waals surface area contributed by atoms with Crippen LogP contribution in [0.15, 0.2) is 0 Å². The van der Waals surface area contributed by atoms with E-state index in [0.717, 1.165) is 0 Å². The first kappa shape index (κ1) is 6.09. The second-order valence-electron chi connectivity index (χ2n) is 3.15. The van der Waals surface area contributed by atoms with Gasteiger partial charge in [0.05, 0.1) is 0 Å². The normalized spacial score (nSPS) is 21.4. The molecule has 0 amide bonds. The van der Waals surface area contributed by atoms with Crippen molar-refractivity contribution in [1.82, 2.24) is 4.90 Å². The molecule has 1 heterocycles. The zero-order valence-electron chi connectivity index (χ0n) is 6.07. The summed E-state index contributed by atoms with van der Waals surface area (Å²) in [4.78, 5) is 2.49. The minimum atomic E-state index is 0.486. The van der Waals surface area contributed by atoms with Crippen molar-refractivity contribution in [2.75, 3.05) is 13.1 Å². The lowest BCUT2D eigenvalue weighted by Crippen LogP contribution is -2.28. The Hall–Kier alpha value is -0.0400. The lowest BCUT2D eigenvalue weighted by atomic mass is 10.0. The van der Waals surface area contributed by atoms with E-state index in [2.05, 4.69) is 25.7 Å². The van der Waals surface area contributed by atoms with Gasteiger partial charge in [-0.2, -0.15) is 0 Å². The average Bonchev–Trinajstić information content (AvgIpc) is 2.44. The highest BCUT2D eigenvalue weighted by Gasteiger charge is 2.32. The summed E-state index contributed by atoms with van der Waals surface area (Å²) >= 11 is 0. The molecule has 1 heteroatoms. The van der Waals surface area contributed by atoms with E-state index < -0.39 is 0 Å². The minimum Gasteiger partial charge on any atom is -0.296 e. The van der Waals surface area contributed by atoms with Crippen molar-refractivity contribution < 1.29 is 0 Å². The lowest BCUT2D eigenvalue weighted by molar-refractivity contribution is 0.271. The summed E-state index contributed by atoms with van der Waals surface area (Å²) in [7, 11) is 0. The number of nitrogens with zero attached hydrogens (tertiary/aromatic N) is 1. The molecule has 1 nitrogen and oxygen atoms in total. The van der Waals surface area contributed by atoms with E-state index in [1.807, 2.05) is 0 Å². The molecule has 0 bridgehead atoms. The van der Waals surface area contributed by atoms with Gasteiger partial charge in [0.25, 0.3) is 0 Å². The topological polar surface area (TPSA) is 3.01 Å². The zero-order valence-corrected chi connectivity index (χ0v) is 6.07. The van der Waals surface area contributed by atoms with E-state index in [4.69, 9.17) is 0 Å². The van der Waals surface area contributed by atoms with Crippen molar-refractivity contribution in [2.45, 2.75) is 32.7 Å². The van der Waals surface area contributed by atoms with Crippen molar-refractivity contribution in [2.24, 2.45) is 0 Å². The Balaban J connectivity index is 2.37. The van der Waals surface area contributed by atoms with Gasteiger partial charge in [-0.15, -0.1) is 0 Å². The molecular formula is C7H15N. The smallest absolute Gasteiger partial charge is 0.0151 e. The highest BCUT2D eigenvalue weighted by Crippen LogP contribution is 2.24. The fourth-order valence-corrected chi connectivity index (χ4v) is 0.879. The molecule has 8 heavy (non-hydrogen) atoms. The van der Waals surface area contributed by atoms with Gasteiger partial charge >= 0.3 is 0 Å². The van der Waals surface area contributed by atoms with E-state index in [-0.39, 0.29) is 0 Å². The predicted molar refractivity (Wildman–Crippen MR) is 35.9 cm³/mol. The Labute approximate surface area is 51.7 Å². The Morgan fingerprint density at radius 2 is 1.88 bits per heavy atom. The minimum absolute atomic E-state index is 0.486. The summed E-state index contributed by atoms with van der Waals surface area (Å²) < 4.78 is 0. The van der Waals surface area contributed by atoms with Crippen LogP contribution in [0.5, 0.6) is 0 Å². The quantitative estimate of drug-likeness (QED) is 0.490. The molecule has 0 aliphatic carbocycles. The molecule has 0 saturated carbocycles. The SMILES string of the molecule is CCC(C)(C)N1CC1. The molecule has 0 aromatic heterocycles. The standard InChI is InChI=1S/C7H15N/c1-4-7(2,3)8-5-6-8/h4-6H2,1-3H3. The number of rotatable bonds is 2. The molecule has 0 atom stereocenters. The highest BCUT2D eigenvalue weighted by atomic mass is 15.3. The molecule has 0 spiro atoms. The summed E-state index contributed by atoms with van der Waals surface area (Å²) in [6.07, 6.45) is 1.27. The lowest BCUT2D eigenvalue weighted by Gasteiger charge is -2.23. The fourth-order valence-electron chi connectivity index (χ4n) is 0.879. The van der Waals surface area contributed by atoms with Crippen molar-refractivity contribution in [3.63, 3.8) is 0 Å². The molecule has 1 saturated heterocycles. The summed E-state index contributed by atoms with van der Waals surface area (Å²) in [5, 5.41) is 0. The van der Waals surface area contributed by atoms with Crippen LogP contribution in [-0.4, -0.2) is 23.5 Å². The Bertz CT molecular complexity index is 82.4. The number of hydrogen-bond acceptors (Lipinski definition) is 1. The van der Waals surface area contributed by atoms with Crippen molar-refractivity contribution >= 4 is 0 Å². The molecule has 1 rings (SSSR count). The summed E-state index contributed by atoms with van der Waals surface area (Å²) in [5.41, 5.74) is 0.486. The predicted octanol–water partition coefficient (Wildman–Crippen LogP) is 1.49. The van der Waals surface area contributed by atoms with Crippen LogP contribution in [0.2, 0.25) is 0 Å². The monoisotopic (exact) mass is 113 g/mol. The third kappa shape index (κ3) is 1.03. The van der Waals surface area contributed by atoms with Gasteiger partial charge in [-0.3, -0.25) is 4.90 Å². The van der Waals surface area contributed by atoms with Crippen LogP contribution in [-0.2, 0) is 0 Å². The molecule has 0 radical (unpaired) electrons. The average molecular weight is 113 g/mol. The Morgan fingerprint density at radius 1 is 1.38 bits per heavy atom. The molecule has 1 aliphatic heterocycles. The van der Waals surface area contributed by atoms with Gasteiger partial charge in [0.1, 0.15) is 0 Å². The number of hydrogen-bond donors (Lipinski definition) is 0. The van der Waals surface area contributed by atoms with Gasteiger partial charge in [0, 0.05) is 18.6 Å². The summed E-state index contributed by atoms with van der Waals surface area (Å²) in [5.74, 6) is 0. The fraction of sp³-hybridized carbons (Fsp3) is 1.00. The zero-order chi connectivity index (χ0) is 6.20. The first-order valence-corrected chi connectivity index (χ1v) is 3.42. The van der Waals surface area contributed by atoms with Gasteiger partial charge < -0.3 is 0 Å². The molecule has 0 aromatic rings. The van der Waals surface area contributed by atoms with Gasteiger partial charge in [-0.25, -0.2) is 0 Å². The van der Waals surface area contributed by atoms with Crippen LogP contribution < -0.4 is 0 Å². The maximum absolute atomic E-state index is 2.49. The van der Waals surface area contributed by atoms with Crippen LogP contribution in [0.3, 0.4) is 0 Å². The Kier molecular flexibility index (Phi) is 1.31. The Morgan fingerprint density at radius 3 is 2.00 bits per heavy atom. The van der Waals surface area contributed by atoms with E-state index in [0.29, 0.717) is 5.54 Å².